The van der Waals surface area contributed by atoms with Gasteiger partial charge < -0.3 is 10.0 Å². The monoisotopic (exact) mass is 306 g/mol. The molecular weight excluding hydrogens is 289 g/mol. The van der Waals surface area contributed by atoms with Gasteiger partial charge in [0.25, 0.3) is 0 Å². The molecule has 1 unspecified atom stereocenters. The lowest BCUT2D eigenvalue weighted by Gasteiger charge is -2.32. The standard InChI is InChI=1S/C13H17F3N2OS/c14-13(15,16)8-4-6-18(7-5-8)12-17-11-9(19)2-1-3-10(11)20-12/h8-9,19H,1-7H2. The fourth-order valence-electron chi connectivity index (χ4n) is 2.92. The highest BCUT2D eigenvalue weighted by Crippen LogP contribution is 2.39. The molecule has 1 aromatic heterocycles. The van der Waals surface area contributed by atoms with Gasteiger partial charge in [0.2, 0.25) is 0 Å². The van der Waals surface area contributed by atoms with Gasteiger partial charge >= 0.3 is 6.18 Å². The van der Waals surface area contributed by atoms with Crippen LogP contribution in [0.3, 0.4) is 0 Å². The third-order valence-electron chi connectivity index (χ3n) is 4.14. The van der Waals surface area contributed by atoms with Crippen molar-refractivity contribution in [1.82, 2.24) is 4.98 Å². The molecule has 1 saturated heterocycles. The Morgan fingerprint density at radius 1 is 1.20 bits per heavy atom. The molecule has 0 bridgehead atoms. The van der Waals surface area contributed by atoms with Crippen molar-refractivity contribution in [2.45, 2.75) is 44.4 Å². The number of piperidine rings is 1. The van der Waals surface area contributed by atoms with Gasteiger partial charge in [0.05, 0.1) is 17.7 Å². The molecule has 7 heteroatoms. The summed E-state index contributed by atoms with van der Waals surface area (Å²) in [5.74, 6) is -1.18. The predicted octanol–water partition coefficient (Wildman–Crippen LogP) is 3.29. The molecule has 2 heterocycles. The molecule has 0 radical (unpaired) electrons. The van der Waals surface area contributed by atoms with Gasteiger partial charge in [0.15, 0.2) is 5.13 Å². The van der Waals surface area contributed by atoms with Gasteiger partial charge in [-0.1, -0.05) is 0 Å². The summed E-state index contributed by atoms with van der Waals surface area (Å²) >= 11 is 1.53. The molecule has 2 aliphatic rings. The Hall–Kier alpha value is -0.820. The number of thiazole rings is 1. The molecule has 1 fully saturated rings. The molecule has 0 amide bonds. The SMILES string of the molecule is OC1CCCc2sc(N3CCC(C(F)(F)F)CC3)nc21. The van der Waals surface area contributed by atoms with E-state index in [9.17, 15) is 18.3 Å². The average Bonchev–Trinajstić information content (AvgIpc) is 2.83. The number of anilines is 1. The molecule has 3 nitrogen and oxygen atoms in total. The number of aliphatic hydroxyl groups is 1. The van der Waals surface area contributed by atoms with Crippen LogP contribution in [-0.4, -0.2) is 29.4 Å². The van der Waals surface area contributed by atoms with Crippen molar-refractivity contribution in [2.75, 3.05) is 18.0 Å². The number of aliphatic hydroxyl groups excluding tert-OH is 1. The van der Waals surface area contributed by atoms with Crippen molar-refractivity contribution in [3.63, 3.8) is 0 Å². The summed E-state index contributed by atoms with van der Waals surface area (Å²) in [6.45, 7) is 0.791. The maximum absolute atomic E-state index is 12.6. The number of aromatic nitrogens is 1. The Kier molecular flexibility index (Phi) is 3.66. The Labute approximate surface area is 119 Å². The maximum atomic E-state index is 12.6. The van der Waals surface area contributed by atoms with Crippen molar-refractivity contribution in [3.8, 4) is 0 Å². The van der Waals surface area contributed by atoms with Crippen molar-refractivity contribution >= 4 is 16.5 Å². The van der Waals surface area contributed by atoms with Crippen LogP contribution < -0.4 is 4.90 Å². The van der Waals surface area contributed by atoms with Gasteiger partial charge in [0.1, 0.15) is 0 Å². The van der Waals surface area contributed by atoms with E-state index in [0.29, 0.717) is 13.1 Å². The second kappa shape index (κ2) is 5.18. The summed E-state index contributed by atoms with van der Waals surface area (Å²) in [5, 5.41) is 10.7. The molecule has 1 atom stereocenters. The number of hydrogen-bond donors (Lipinski definition) is 1. The molecule has 1 aliphatic carbocycles. The second-order valence-corrected chi connectivity index (χ2v) is 6.58. The van der Waals surface area contributed by atoms with Gasteiger partial charge in [0, 0.05) is 18.0 Å². The number of nitrogens with zero attached hydrogens (tertiary/aromatic N) is 2. The third-order valence-corrected chi connectivity index (χ3v) is 5.33. The summed E-state index contributed by atoms with van der Waals surface area (Å²) in [6, 6.07) is 0. The van der Waals surface area contributed by atoms with Crippen LogP contribution in [-0.2, 0) is 6.42 Å². The molecule has 112 valence electrons. The first kappa shape index (κ1) is 14.1. The number of fused-ring (bicyclic) bond motifs is 1. The Morgan fingerprint density at radius 2 is 1.90 bits per heavy atom. The lowest BCUT2D eigenvalue weighted by atomic mass is 9.97. The van der Waals surface area contributed by atoms with E-state index in [1.54, 1.807) is 0 Å². The van der Waals surface area contributed by atoms with E-state index in [2.05, 4.69) is 4.98 Å². The smallest absolute Gasteiger partial charge is 0.387 e. The van der Waals surface area contributed by atoms with Gasteiger partial charge in [-0.05, 0) is 32.1 Å². The summed E-state index contributed by atoms with van der Waals surface area (Å²) in [7, 11) is 0. The Morgan fingerprint density at radius 3 is 2.50 bits per heavy atom. The first-order valence-corrected chi connectivity index (χ1v) is 7.76. The van der Waals surface area contributed by atoms with Crippen LogP contribution in [0.1, 0.15) is 42.4 Å². The Bertz CT molecular complexity index is 480. The van der Waals surface area contributed by atoms with Crippen LogP contribution in [0.5, 0.6) is 0 Å². The van der Waals surface area contributed by atoms with Crippen molar-refractivity contribution in [2.24, 2.45) is 5.92 Å². The van der Waals surface area contributed by atoms with Crippen molar-refractivity contribution < 1.29 is 18.3 Å². The van der Waals surface area contributed by atoms with E-state index in [1.807, 2.05) is 4.90 Å². The molecular formula is C13H17F3N2OS. The lowest BCUT2D eigenvalue weighted by molar-refractivity contribution is -0.179. The fourth-order valence-corrected chi connectivity index (χ4v) is 4.12. The van der Waals surface area contributed by atoms with Gasteiger partial charge in [-0.3, -0.25) is 0 Å². The van der Waals surface area contributed by atoms with E-state index in [4.69, 9.17) is 0 Å². The van der Waals surface area contributed by atoms with Crippen molar-refractivity contribution in [3.05, 3.63) is 10.6 Å². The largest absolute Gasteiger partial charge is 0.391 e. The fraction of sp³-hybridized carbons (Fsp3) is 0.769. The summed E-state index contributed by atoms with van der Waals surface area (Å²) in [4.78, 5) is 7.48. The van der Waals surface area contributed by atoms with E-state index in [1.165, 1.54) is 11.3 Å². The highest BCUT2D eigenvalue weighted by molar-refractivity contribution is 7.15. The zero-order chi connectivity index (χ0) is 14.3. The number of halogens is 3. The van der Waals surface area contributed by atoms with E-state index in [-0.39, 0.29) is 12.8 Å². The lowest BCUT2D eigenvalue weighted by Crippen LogP contribution is -2.39. The molecule has 0 spiro atoms. The zero-order valence-corrected chi connectivity index (χ0v) is 11.8. The van der Waals surface area contributed by atoms with Crippen LogP contribution in [0.2, 0.25) is 0 Å². The van der Waals surface area contributed by atoms with Gasteiger partial charge in [-0.25, -0.2) is 4.98 Å². The minimum atomic E-state index is -4.08. The highest BCUT2D eigenvalue weighted by atomic mass is 32.1. The normalized spacial score (nSPS) is 24.8. The molecule has 3 rings (SSSR count). The van der Waals surface area contributed by atoms with E-state index < -0.39 is 18.2 Å². The van der Waals surface area contributed by atoms with Crippen LogP contribution in [0.4, 0.5) is 18.3 Å². The first-order valence-electron chi connectivity index (χ1n) is 6.94. The first-order chi connectivity index (χ1) is 9.45. The molecule has 0 aromatic carbocycles. The quantitative estimate of drug-likeness (QED) is 0.865. The highest BCUT2D eigenvalue weighted by Gasteiger charge is 2.41. The number of rotatable bonds is 1. The topological polar surface area (TPSA) is 36.4 Å². The minimum absolute atomic E-state index is 0.135. The second-order valence-electron chi connectivity index (χ2n) is 5.52. The zero-order valence-electron chi connectivity index (χ0n) is 11.0. The van der Waals surface area contributed by atoms with Crippen molar-refractivity contribution in [1.29, 1.82) is 0 Å². The average molecular weight is 306 g/mol. The van der Waals surface area contributed by atoms with Crippen LogP contribution in [0, 0.1) is 5.92 Å². The molecule has 1 aliphatic heterocycles. The predicted molar refractivity (Wildman–Crippen MR) is 71.0 cm³/mol. The van der Waals surface area contributed by atoms with E-state index in [0.717, 1.165) is 35.0 Å². The molecule has 1 aromatic rings. The third kappa shape index (κ3) is 2.65. The molecule has 1 N–H and O–H groups in total. The van der Waals surface area contributed by atoms with Crippen LogP contribution in [0.25, 0.3) is 0 Å². The summed E-state index contributed by atoms with van der Waals surface area (Å²) in [5.41, 5.74) is 0.745. The maximum Gasteiger partial charge on any atom is 0.391 e. The van der Waals surface area contributed by atoms with Crippen LogP contribution >= 0.6 is 11.3 Å². The van der Waals surface area contributed by atoms with E-state index >= 15 is 0 Å². The summed E-state index contributed by atoms with van der Waals surface area (Å²) < 4.78 is 37.9. The number of hydrogen-bond acceptors (Lipinski definition) is 4. The van der Waals surface area contributed by atoms with Crippen LogP contribution in [0.15, 0.2) is 0 Å². The Balaban J connectivity index is 1.70. The number of aryl methyl sites for hydroxylation is 1. The number of alkyl halides is 3. The van der Waals surface area contributed by atoms with Gasteiger partial charge in [-0.15, -0.1) is 11.3 Å². The summed E-state index contributed by atoms with van der Waals surface area (Å²) in [6.07, 6.45) is -1.71. The molecule has 20 heavy (non-hydrogen) atoms. The minimum Gasteiger partial charge on any atom is -0.387 e. The van der Waals surface area contributed by atoms with Gasteiger partial charge in [-0.2, -0.15) is 13.2 Å². The molecule has 0 saturated carbocycles.